The molecule has 2 amide bonds. The molecule has 0 radical (unpaired) electrons. The van der Waals surface area contributed by atoms with Gasteiger partial charge in [-0.1, -0.05) is 18.2 Å². The summed E-state index contributed by atoms with van der Waals surface area (Å²) in [5, 5.41) is 6.23. The van der Waals surface area contributed by atoms with E-state index in [0.29, 0.717) is 11.3 Å². The lowest BCUT2D eigenvalue weighted by Crippen LogP contribution is -2.35. The molecule has 0 aliphatic heterocycles. The Bertz CT molecular complexity index is 774. The van der Waals surface area contributed by atoms with Gasteiger partial charge < -0.3 is 5.32 Å². The number of amides is 2. The number of carbonyl (C=O) groups is 2. The second kappa shape index (κ2) is 7.96. The highest BCUT2D eigenvalue weighted by Gasteiger charge is 2.08. The summed E-state index contributed by atoms with van der Waals surface area (Å²) in [5.74, 6) is -2.01. The molecule has 0 heterocycles. The summed E-state index contributed by atoms with van der Waals surface area (Å²) < 4.78 is 25.9. The minimum atomic E-state index is -0.566. The molecule has 0 aliphatic rings. The summed E-state index contributed by atoms with van der Waals surface area (Å²) in [6.07, 6.45) is 0. The van der Waals surface area contributed by atoms with Crippen molar-refractivity contribution in [3.8, 4) is 0 Å². The quantitative estimate of drug-likeness (QED) is 0.651. The number of hydrogen-bond donors (Lipinski definition) is 2. The largest absolute Gasteiger partial charge is 0.343 e. The van der Waals surface area contributed by atoms with E-state index < -0.39 is 17.6 Å². The fraction of sp³-hybridized carbons (Fsp3) is 0.118. The first kappa shape index (κ1) is 17.3. The van der Waals surface area contributed by atoms with Gasteiger partial charge in [0.15, 0.2) is 0 Å². The molecule has 0 aliphatic carbocycles. The molecule has 0 aromatic heterocycles. The Balaban J connectivity index is 1.86. The van der Waals surface area contributed by atoms with Crippen molar-refractivity contribution < 1.29 is 18.4 Å². The average Bonchev–Trinajstić information content (AvgIpc) is 2.58. The second-order valence-electron chi connectivity index (χ2n) is 4.93. The van der Waals surface area contributed by atoms with Gasteiger partial charge >= 0.3 is 0 Å². The lowest BCUT2D eigenvalue weighted by molar-refractivity contribution is -0.120. The van der Waals surface area contributed by atoms with Crippen LogP contribution < -0.4 is 10.7 Å². The monoisotopic (exact) mass is 331 g/mol. The Morgan fingerprint density at radius 3 is 2.38 bits per heavy atom. The summed E-state index contributed by atoms with van der Waals surface area (Å²) in [5.41, 5.74) is 3.54. The molecule has 0 fully saturated rings. The van der Waals surface area contributed by atoms with E-state index in [-0.39, 0.29) is 17.9 Å². The van der Waals surface area contributed by atoms with Crippen LogP contribution in [-0.4, -0.2) is 24.1 Å². The van der Waals surface area contributed by atoms with E-state index in [1.165, 1.54) is 42.5 Å². The number of nitrogens with zero attached hydrogens (tertiary/aromatic N) is 1. The molecule has 2 rings (SSSR count). The van der Waals surface area contributed by atoms with Crippen molar-refractivity contribution >= 4 is 17.5 Å². The first-order valence-electron chi connectivity index (χ1n) is 7.08. The van der Waals surface area contributed by atoms with Gasteiger partial charge in [-0.05, 0) is 42.8 Å². The average molecular weight is 331 g/mol. The van der Waals surface area contributed by atoms with Crippen LogP contribution in [0.3, 0.4) is 0 Å². The summed E-state index contributed by atoms with van der Waals surface area (Å²) in [4.78, 5) is 23.4. The highest BCUT2D eigenvalue weighted by atomic mass is 19.1. The van der Waals surface area contributed by atoms with Crippen molar-refractivity contribution in [1.29, 1.82) is 0 Å². The highest BCUT2D eigenvalue weighted by Crippen LogP contribution is 2.04. The molecule has 7 heteroatoms. The van der Waals surface area contributed by atoms with Crippen LogP contribution in [0, 0.1) is 11.6 Å². The number of hydrazone groups is 1. The van der Waals surface area contributed by atoms with Crippen LogP contribution in [0.25, 0.3) is 0 Å². The third kappa shape index (κ3) is 4.98. The van der Waals surface area contributed by atoms with Crippen LogP contribution in [-0.2, 0) is 4.79 Å². The lowest BCUT2D eigenvalue weighted by Gasteiger charge is -2.05. The molecule has 5 nitrogen and oxygen atoms in total. The van der Waals surface area contributed by atoms with Gasteiger partial charge in [0.1, 0.15) is 11.6 Å². The standard InChI is InChI=1S/C17H15F2N3O2/c1-11(12-5-7-14(18)8-6-12)21-22-16(23)10-20-17(24)13-3-2-4-15(19)9-13/h2-9H,10H2,1H3,(H,20,24)(H,22,23). The van der Waals surface area contributed by atoms with E-state index in [0.717, 1.165) is 6.07 Å². The van der Waals surface area contributed by atoms with Gasteiger partial charge in [-0.2, -0.15) is 5.10 Å². The number of nitrogens with one attached hydrogen (secondary N) is 2. The maximum absolute atomic E-state index is 13.0. The number of carbonyl (C=O) groups excluding carboxylic acids is 2. The SMILES string of the molecule is CC(=NNC(=O)CNC(=O)c1cccc(F)c1)c1ccc(F)cc1. The maximum Gasteiger partial charge on any atom is 0.259 e. The number of halogens is 2. The molecule has 0 saturated heterocycles. The van der Waals surface area contributed by atoms with Crippen molar-refractivity contribution in [3.05, 3.63) is 71.3 Å². The Morgan fingerprint density at radius 2 is 1.71 bits per heavy atom. The summed E-state index contributed by atoms with van der Waals surface area (Å²) in [7, 11) is 0. The van der Waals surface area contributed by atoms with Crippen LogP contribution in [0.5, 0.6) is 0 Å². The minimum absolute atomic E-state index is 0.119. The molecule has 0 atom stereocenters. The number of rotatable bonds is 5. The topological polar surface area (TPSA) is 70.6 Å². The molecule has 0 saturated carbocycles. The number of hydrogen-bond acceptors (Lipinski definition) is 3. The number of benzene rings is 2. The smallest absolute Gasteiger partial charge is 0.259 e. The van der Waals surface area contributed by atoms with Gasteiger partial charge in [-0.3, -0.25) is 9.59 Å². The van der Waals surface area contributed by atoms with Gasteiger partial charge in [0.25, 0.3) is 11.8 Å². The zero-order valence-electron chi connectivity index (χ0n) is 12.8. The first-order chi connectivity index (χ1) is 11.5. The van der Waals surface area contributed by atoms with Crippen molar-refractivity contribution in [3.63, 3.8) is 0 Å². The van der Waals surface area contributed by atoms with Crippen LogP contribution in [0.15, 0.2) is 53.6 Å². The van der Waals surface area contributed by atoms with Gasteiger partial charge in [-0.15, -0.1) is 0 Å². The molecule has 0 bridgehead atoms. The normalized spacial score (nSPS) is 11.0. The van der Waals surface area contributed by atoms with Gasteiger partial charge in [0.05, 0.1) is 12.3 Å². The van der Waals surface area contributed by atoms with Crippen molar-refractivity contribution in [1.82, 2.24) is 10.7 Å². The molecule has 0 spiro atoms. The molecule has 0 unspecified atom stereocenters. The Labute approximate surface area is 137 Å². The van der Waals surface area contributed by atoms with Crippen molar-refractivity contribution in [2.24, 2.45) is 5.10 Å². The second-order valence-corrected chi connectivity index (χ2v) is 4.93. The predicted molar refractivity (Wildman–Crippen MR) is 85.5 cm³/mol. The minimum Gasteiger partial charge on any atom is -0.343 e. The third-order valence-electron chi connectivity index (χ3n) is 3.11. The van der Waals surface area contributed by atoms with E-state index in [1.807, 2.05) is 0 Å². The van der Waals surface area contributed by atoms with Crippen LogP contribution >= 0.6 is 0 Å². The summed E-state index contributed by atoms with van der Waals surface area (Å²) in [6.45, 7) is 1.34. The zero-order chi connectivity index (χ0) is 17.5. The molecule has 2 aromatic carbocycles. The molecule has 124 valence electrons. The summed E-state index contributed by atoms with van der Waals surface area (Å²) in [6, 6.07) is 10.8. The maximum atomic E-state index is 13.0. The van der Waals surface area contributed by atoms with Crippen LogP contribution in [0.4, 0.5) is 8.78 Å². The first-order valence-corrected chi connectivity index (χ1v) is 7.08. The van der Waals surface area contributed by atoms with Crippen LogP contribution in [0.2, 0.25) is 0 Å². The van der Waals surface area contributed by atoms with Crippen LogP contribution in [0.1, 0.15) is 22.8 Å². The Kier molecular flexibility index (Phi) is 5.73. The van der Waals surface area contributed by atoms with Gasteiger partial charge in [0.2, 0.25) is 0 Å². The Hall–Kier alpha value is -3.09. The zero-order valence-corrected chi connectivity index (χ0v) is 12.8. The van der Waals surface area contributed by atoms with Gasteiger partial charge in [0, 0.05) is 5.56 Å². The van der Waals surface area contributed by atoms with Gasteiger partial charge in [-0.25, -0.2) is 14.2 Å². The molecule has 2 N–H and O–H groups in total. The van der Waals surface area contributed by atoms with Crippen molar-refractivity contribution in [2.75, 3.05) is 6.54 Å². The summed E-state index contributed by atoms with van der Waals surface area (Å²) >= 11 is 0. The van der Waals surface area contributed by atoms with Crippen molar-refractivity contribution in [2.45, 2.75) is 6.92 Å². The molecule has 24 heavy (non-hydrogen) atoms. The highest BCUT2D eigenvalue weighted by molar-refractivity contribution is 5.99. The molecular formula is C17H15F2N3O2. The predicted octanol–water partition coefficient (Wildman–Crippen LogP) is 2.24. The van der Waals surface area contributed by atoms with E-state index in [1.54, 1.807) is 6.92 Å². The van der Waals surface area contributed by atoms with E-state index in [2.05, 4.69) is 15.8 Å². The van der Waals surface area contributed by atoms with E-state index >= 15 is 0 Å². The Morgan fingerprint density at radius 1 is 1.00 bits per heavy atom. The molecule has 2 aromatic rings. The third-order valence-corrected chi connectivity index (χ3v) is 3.11. The fourth-order valence-electron chi connectivity index (χ4n) is 1.83. The fourth-order valence-corrected chi connectivity index (χ4v) is 1.83. The lowest BCUT2D eigenvalue weighted by atomic mass is 10.1. The van der Waals surface area contributed by atoms with E-state index in [9.17, 15) is 18.4 Å². The van der Waals surface area contributed by atoms with E-state index in [4.69, 9.17) is 0 Å². The molecular weight excluding hydrogens is 316 g/mol.